The smallest absolute Gasteiger partial charge is 0.251 e. The molecule has 4 nitrogen and oxygen atoms in total. The number of hydrogen-bond donors (Lipinski definition) is 2. The molecule has 1 amide bonds. The molecule has 16 heavy (non-hydrogen) atoms. The fraction of sp³-hybridized carbons (Fsp3) is 0.333. The van der Waals surface area contributed by atoms with Crippen molar-refractivity contribution >= 4 is 16.9 Å². The molecular formula is C12H15N3O. The first-order valence-corrected chi connectivity index (χ1v) is 5.38. The van der Waals surface area contributed by atoms with Gasteiger partial charge in [-0.1, -0.05) is 13.8 Å². The van der Waals surface area contributed by atoms with E-state index in [0.29, 0.717) is 18.0 Å². The van der Waals surface area contributed by atoms with Gasteiger partial charge < -0.3 is 10.3 Å². The van der Waals surface area contributed by atoms with E-state index >= 15 is 0 Å². The number of carbonyl (C=O) groups is 1. The maximum Gasteiger partial charge on any atom is 0.251 e. The SMILES string of the molecule is CC(C)CNC(=O)c1ccc2nc[nH]c2c1. The Morgan fingerprint density at radius 3 is 3.06 bits per heavy atom. The molecule has 0 aliphatic rings. The fourth-order valence-corrected chi connectivity index (χ4v) is 1.48. The Kier molecular flexibility index (Phi) is 2.90. The van der Waals surface area contributed by atoms with Crippen molar-refractivity contribution in [3.05, 3.63) is 30.1 Å². The zero-order valence-corrected chi connectivity index (χ0v) is 9.45. The number of benzene rings is 1. The van der Waals surface area contributed by atoms with Gasteiger partial charge in [0, 0.05) is 12.1 Å². The molecular weight excluding hydrogens is 202 g/mol. The summed E-state index contributed by atoms with van der Waals surface area (Å²) in [5, 5.41) is 2.88. The lowest BCUT2D eigenvalue weighted by Crippen LogP contribution is -2.27. The van der Waals surface area contributed by atoms with Gasteiger partial charge in [0.1, 0.15) is 0 Å². The summed E-state index contributed by atoms with van der Waals surface area (Å²) >= 11 is 0. The summed E-state index contributed by atoms with van der Waals surface area (Å²) in [4.78, 5) is 18.9. The average Bonchev–Trinajstić information content (AvgIpc) is 2.72. The van der Waals surface area contributed by atoms with Gasteiger partial charge in [-0.05, 0) is 24.1 Å². The van der Waals surface area contributed by atoms with Crippen molar-refractivity contribution in [2.24, 2.45) is 5.92 Å². The minimum Gasteiger partial charge on any atom is -0.352 e. The van der Waals surface area contributed by atoms with E-state index in [2.05, 4.69) is 29.1 Å². The lowest BCUT2D eigenvalue weighted by atomic mass is 10.1. The second-order valence-electron chi connectivity index (χ2n) is 4.24. The number of nitrogens with one attached hydrogen (secondary N) is 2. The van der Waals surface area contributed by atoms with E-state index in [1.54, 1.807) is 12.4 Å². The molecule has 0 radical (unpaired) electrons. The molecule has 0 spiro atoms. The summed E-state index contributed by atoms with van der Waals surface area (Å²) in [6, 6.07) is 5.45. The van der Waals surface area contributed by atoms with Crippen molar-refractivity contribution < 1.29 is 4.79 Å². The van der Waals surface area contributed by atoms with Crippen molar-refractivity contribution in [1.29, 1.82) is 0 Å². The molecule has 0 aliphatic carbocycles. The minimum atomic E-state index is -0.0369. The maximum absolute atomic E-state index is 11.8. The molecule has 0 fully saturated rings. The van der Waals surface area contributed by atoms with Crippen LogP contribution in [0.5, 0.6) is 0 Å². The van der Waals surface area contributed by atoms with Gasteiger partial charge in [-0.15, -0.1) is 0 Å². The van der Waals surface area contributed by atoms with Crippen LogP contribution in [0.1, 0.15) is 24.2 Å². The van der Waals surface area contributed by atoms with E-state index in [4.69, 9.17) is 0 Å². The number of rotatable bonds is 3. The third-order valence-electron chi connectivity index (χ3n) is 2.35. The normalized spacial score (nSPS) is 10.9. The number of aromatic nitrogens is 2. The van der Waals surface area contributed by atoms with Crippen molar-refractivity contribution in [2.75, 3.05) is 6.54 Å². The van der Waals surface area contributed by atoms with Gasteiger partial charge >= 0.3 is 0 Å². The summed E-state index contributed by atoms with van der Waals surface area (Å²) in [5.74, 6) is 0.421. The number of nitrogens with zero attached hydrogens (tertiary/aromatic N) is 1. The number of hydrogen-bond acceptors (Lipinski definition) is 2. The molecule has 0 unspecified atom stereocenters. The van der Waals surface area contributed by atoms with Crippen LogP contribution in [0.15, 0.2) is 24.5 Å². The second-order valence-corrected chi connectivity index (χ2v) is 4.24. The maximum atomic E-state index is 11.8. The minimum absolute atomic E-state index is 0.0369. The molecule has 1 aromatic heterocycles. The van der Waals surface area contributed by atoms with E-state index in [-0.39, 0.29) is 5.91 Å². The van der Waals surface area contributed by atoms with Gasteiger partial charge in [0.25, 0.3) is 5.91 Å². The second kappa shape index (κ2) is 4.35. The number of amides is 1. The zero-order valence-electron chi connectivity index (χ0n) is 9.45. The lowest BCUT2D eigenvalue weighted by Gasteiger charge is -2.07. The molecule has 0 saturated heterocycles. The van der Waals surface area contributed by atoms with Crippen molar-refractivity contribution in [2.45, 2.75) is 13.8 Å². The molecule has 0 saturated carbocycles. The molecule has 2 rings (SSSR count). The topological polar surface area (TPSA) is 57.8 Å². The Balaban J connectivity index is 2.16. The molecule has 0 bridgehead atoms. The Bertz CT molecular complexity index is 502. The monoisotopic (exact) mass is 217 g/mol. The highest BCUT2D eigenvalue weighted by atomic mass is 16.1. The van der Waals surface area contributed by atoms with Gasteiger partial charge in [-0.25, -0.2) is 4.98 Å². The quantitative estimate of drug-likeness (QED) is 0.825. The van der Waals surface area contributed by atoms with E-state index in [1.165, 1.54) is 0 Å². The summed E-state index contributed by atoms with van der Waals surface area (Å²) in [6.45, 7) is 4.83. The highest BCUT2D eigenvalue weighted by Crippen LogP contribution is 2.11. The van der Waals surface area contributed by atoms with Crippen molar-refractivity contribution in [1.82, 2.24) is 15.3 Å². The zero-order chi connectivity index (χ0) is 11.5. The van der Waals surface area contributed by atoms with Crippen LogP contribution in [-0.4, -0.2) is 22.4 Å². The Labute approximate surface area is 94.1 Å². The largest absolute Gasteiger partial charge is 0.352 e. The first-order chi connectivity index (χ1) is 7.66. The number of aromatic amines is 1. The van der Waals surface area contributed by atoms with Crippen LogP contribution in [0.25, 0.3) is 11.0 Å². The van der Waals surface area contributed by atoms with Crippen LogP contribution >= 0.6 is 0 Å². The van der Waals surface area contributed by atoms with Gasteiger partial charge in [0.2, 0.25) is 0 Å². The van der Waals surface area contributed by atoms with Crippen molar-refractivity contribution in [3.8, 4) is 0 Å². The summed E-state index contributed by atoms with van der Waals surface area (Å²) < 4.78 is 0. The Morgan fingerprint density at radius 1 is 1.50 bits per heavy atom. The first-order valence-electron chi connectivity index (χ1n) is 5.38. The number of H-pyrrole nitrogens is 1. The van der Waals surface area contributed by atoms with E-state index in [1.807, 2.05) is 12.1 Å². The average molecular weight is 217 g/mol. The summed E-state index contributed by atoms with van der Waals surface area (Å²) in [6.07, 6.45) is 1.63. The molecule has 1 heterocycles. The van der Waals surface area contributed by atoms with Gasteiger partial charge in [-0.3, -0.25) is 4.79 Å². The molecule has 84 valence electrons. The van der Waals surface area contributed by atoms with E-state index in [0.717, 1.165) is 11.0 Å². The Morgan fingerprint density at radius 2 is 2.31 bits per heavy atom. The van der Waals surface area contributed by atoms with Crippen LogP contribution in [0.2, 0.25) is 0 Å². The van der Waals surface area contributed by atoms with E-state index < -0.39 is 0 Å². The highest BCUT2D eigenvalue weighted by molar-refractivity contribution is 5.97. The third-order valence-corrected chi connectivity index (χ3v) is 2.35. The molecule has 2 N–H and O–H groups in total. The lowest BCUT2D eigenvalue weighted by molar-refractivity contribution is 0.0949. The first kappa shape index (κ1) is 10.7. The van der Waals surface area contributed by atoms with Gasteiger partial charge in [0.05, 0.1) is 17.4 Å². The molecule has 2 aromatic rings. The van der Waals surface area contributed by atoms with Gasteiger partial charge in [0.15, 0.2) is 0 Å². The number of carbonyl (C=O) groups excluding carboxylic acids is 1. The highest BCUT2D eigenvalue weighted by Gasteiger charge is 2.07. The van der Waals surface area contributed by atoms with Crippen LogP contribution in [0, 0.1) is 5.92 Å². The van der Waals surface area contributed by atoms with Crippen LogP contribution in [0.4, 0.5) is 0 Å². The van der Waals surface area contributed by atoms with Crippen molar-refractivity contribution in [3.63, 3.8) is 0 Å². The van der Waals surface area contributed by atoms with Crippen LogP contribution < -0.4 is 5.32 Å². The van der Waals surface area contributed by atoms with Gasteiger partial charge in [-0.2, -0.15) is 0 Å². The summed E-state index contributed by atoms with van der Waals surface area (Å²) in [5.41, 5.74) is 2.43. The molecule has 0 aliphatic heterocycles. The van der Waals surface area contributed by atoms with E-state index in [9.17, 15) is 4.79 Å². The summed E-state index contributed by atoms with van der Waals surface area (Å²) in [7, 11) is 0. The standard InChI is InChI=1S/C12H15N3O/c1-8(2)6-13-12(16)9-3-4-10-11(5-9)15-7-14-10/h3-5,7-8H,6H2,1-2H3,(H,13,16)(H,14,15). The van der Waals surface area contributed by atoms with Crippen LogP contribution in [0.3, 0.4) is 0 Å². The molecule has 4 heteroatoms. The van der Waals surface area contributed by atoms with Crippen LogP contribution in [-0.2, 0) is 0 Å². The third kappa shape index (κ3) is 2.21. The molecule has 1 aromatic carbocycles. The number of fused-ring (bicyclic) bond motifs is 1. The predicted octanol–water partition coefficient (Wildman–Crippen LogP) is 1.95. The molecule has 0 atom stereocenters. The predicted molar refractivity (Wildman–Crippen MR) is 63.3 cm³/mol. The fourth-order valence-electron chi connectivity index (χ4n) is 1.48. The number of imidazole rings is 1. The Hall–Kier alpha value is -1.84.